The van der Waals surface area contributed by atoms with Crippen LogP contribution in [0, 0.1) is 5.92 Å². The van der Waals surface area contributed by atoms with E-state index in [-0.39, 0.29) is 4.75 Å². The van der Waals surface area contributed by atoms with E-state index in [1.807, 2.05) is 20.8 Å². The summed E-state index contributed by atoms with van der Waals surface area (Å²) in [5, 5.41) is 0. The SMILES string of the molecule is CC(C)(C)[S@@](=O)N=CC1COC1. The Labute approximate surface area is 75.8 Å². The van der Waals surface area contributed by atoms with Gasteiger partial charge in [0.2, 0.25) is 0 Å². The molecule has 0 bridgehead atoms. The van der Waals surface area contributed by atoms with Gasteiger partial charge in [-0.3, -0.25) is 0 Å². The Bertz CT molecular complexity index is 204. The van der Waals surface area contributed by atoms with Gasteiger partial charge in [-0.05, 0) is 20.8 Å². The average molecular weight is 189 g/mol. The minimum Gasteiger partial charge on any atom is -0.380 e. The molecule has 1 aliphatic rings. The molecule has 0 aromatic carbocycles. The summed E-state index contributed by atoms with van der Waals surface area (Å²) < 4.78 is 20.1. The van der Waals surface area contributed by atoms with Crippen molar-refractivity contribution in [1.82, 2.24) is 0 Å². The lowest BCUT2D eigenvalue weighted by molar-refractivity contribution is 0.00421. The second-order valence-corrected chi connectivity index (χ2v) is 5.85. The first-order valence-electron chi connectivity index (χ1n) is 4.04. The Hall–Kier alpha value is -0.220. The second-order valence-electron chi connectivity index (χ2n) is 3.91. The van der Waals surface area contributed by atoms with Crippen LogP contribution in [-0.4, -0.2) is 28.4 Å². The molecule has 0 amide bonds. The van der Waals surface area contributed by atoms with Crippen molar-refractivity contribution in [3.63, 3.8) is 0 Å². The van der Waals surface area contributed by atoms with Gasteiger partial charge in [0.1, 0.15) is 11.0 Å². The topological polar surface area (TPSA) is 38.7 Å². The van der Waals surface area contributed by atoms with Crippen molar-refractivity contribution in [2.24, 2.45) is 10.3 Å². The fourth-order valence-corrected chi connectivity index (χ4v) is 1.24. The number of rotatable bonds is 2. The Morgan fingerprint density at radius 2 is 2.08 bits per heavy atom. The first-order valence-corrected chi connectivity index (χ1v) is 5.15. The molecule has 12 heavy (non-hydrogen) atoms. The fourth-order valence-electron chi connectivity index (χ4n) is 0.639. The molecule has 0 saturated carbocycles. The number of hydrogen-bond donors (Lipinski definition) is 0. The Morgan fingerprint density at radius 3 is 2.42 bits per heavy atom. The van der Waals surface area contributed by atoms with Crippen LogP contribution in [0.25, 0.3) is 0 Å². The quantitative estimate of drug-likeness (QED) is 0.611. The van der Waals surface area contributed by atoms with E-state index in [2.05, 4.69) is 4.40 Å². The summed E-state index contributed by atoms with van der Waals surface area (Å²) in [7, 11) is -1.11. The molecule has 3 nitrogen and oxygen atoms in total. The second kappa shape index (κ2) is 3.66. The van der Waals surface area contributed by atoms with Crippen molar-refractivity contribution >= 4 is 17.2 Å². The van der Waals surface area contributed by atoms with Crippen LogP contribution in [0.4, 0.5) is 0 Å². The van der Waals surface area contributed by atoms with Crippen molar-refractivity contribution in [2.45, 2.75) is 25.5 Å². The molecule has 0 aliphatic carbocycles. The maximum absolute atomic E-state index is 11.4. The van der Waals surface area contributed by atoms with Crippen molar-refractivity contribution in [3.8, 4) is 0 Å². The molecule has 0 aromatic rings. The predicted molar refractivity (Wildman–Crippen MR) is 50.7 cm³/mol. The molecule has 0 N–H and O–H groups in total. The van der Waals surface area contributed by atoms with Gasteiger partial charge in [0.25, 0.3) is 0 Å². The van der Waals surface area contributed by atoms with E-state index in [0.29, 0.717) is 5.92 Å². The summed E-state index contributed by atoms with van der Waals surface area (Å²) in [6, 6.07) is 0. The van der Waals surface area contributed by atoms with Crippen molar-refractivity contribution in [1.29, 1.82) is 0 Å². The maximum atomic E-state index is 11.4. The van der Waals surface area contributed by atoms with Gasteiger partial charge in [0, 0.05) is 12.1 Å². The van der Waals surface area contributed by atoms with E-state index in [9.17, 15) is 4.21 Å². The normalized spacial score (nSPS) is 22.6. The molecule has 0 spiro atoms. The van der Waals surface area contributed by atoms with E-state index in [4.69, 9.17) is 4.74 Å². The van der Waals surface area contributed by atoms with Gasteiger partial charge in [0.15, 0.2) is 0 Å². The van der Waals surface area contributed by atoms with E-state index in [1.165, 1.54) is 0 Å². The predicted octanol–water partition coefficient (Wildman–Crippen LogP) is 1.17. The zero-order valence-electron chi connectivity index (χ0n) is 7.74. The molecule has 1 rings (SSSR count). The zero-order valence-corrected chi connectivity index (χ0v) is 8.56. The molecule has 1 heterocycles. The molecular formula is C8H15NO2S. The summed E-state index contributed by atoms with van der Waals surface area (Å²) in [6.45, 7) is 7.20. The average Bonchev–Trinajstić information content (AvgIpc) is 1.81. The third-order valence-corrected chi connectivity index (χ3v) is 2.92. The van der Waals surface area contributed by atoms with Gasteiger partial charge in [-0.2, -0.15) is 4.40 Å². The minimum atomic E-state index is -1.11. The monoisotopic (exact) mass is 189 g/mol. The standard InChI is InChI=1S/C8H15NO2S/c1-8(2,3)12(10)9-4-7-5-11-6-7/h4,7H,5-6H2,1-3H3/t12-/m1/s1. The molecule has 1 fully saturated rings. The highest BCUT2D eigenvalue weighted by molar-refractivity contribution is 7.85. The number of nitrogens with zero attached hydrogens (tertiary/aromatic N) is 1. The first kappa shape index (κ1) is 9.86. The Morgan fingerprint density at radius 1 is 1.50 bits per heavy atom. The molecule has 1 saturated heterocycles. The highest BCUT2D eigenvalue weighted by Gasteiger charge is 2.20. The van der Waals surface area contributed by atoms with Crippen LogP contribution in [0.2, 0.25) is 0 Å². The van der Waals surface area contributed by atoms with Crippen LogP contribution in [0.15, 0.2) is 4.40 Å². The van der Waals surface area contributed by atoms with Gasteiger partial charge in [-0.25, -0.2) is 4.21 Å². The zero-order chi connectivity index (χ0) is 9.19. The molecular weight excluding hydrogens is 174 g/mol. The van der Waals surface area contributed by atoms with Gasteiger partial charge < -0.3 is 4.74 Å². The van der Waals surface area contributed by atoms with Gasteiger partial charge in [-0.15, -0.1) is 0 Å². The maximum Gasteiger partial charge on any atom is 0.144 e. The molecule has 1 aliphatic heterocycles. The van der Waals surface area contributed by atoms with Crippen LogP contribution in [0.1, 0.15) is 20.8 Å². The Kier molecular flexibility index (Phi) is 3.01. The number of ether oxygens (including phenoxy) is 1. The molecule has 70 valence electrons. The van der Waals surface area contributed by atoms with Crippen molar-refractivity contribution in [2.75, 3.05) is 13.2 Å². The third kappa shape index (κ3) is 2.68. The van der Waals surface area contributed by atoms with Crippen LogP contribution >= 0.6 is 0 Å². The summed E-state index contributed by atoms with van der Waals surface area (Å²) in [5.74, 6) is 0.385. The number of hydrogen-bond acceptors (Lipinski definition) is 2. The molecule has 0 radical (unpaired) electrons. The van der Waals surface area contributed by atoms with E-state index < -0.39 is 11.0 Å². The molecule has 0 aromatic heterocycles. The first-order chi connectivity index (χ1) is 5.50. The third-order valence-electron chi connectivity index (χ3n) is 1.56. The molecule has 1 atom stereocenters. The smallest absolute Gasteiger partial charge is 0.144 e. The Balaban J connectivity index is 2.39. The van der Waals surface area contributed by atoms with Crippen LogP contribution in [0.5, 0.6) is 0 Å². The van der Waals surface area contributed by atoms with Crippen LogP contribution in [0.3, 0.4) is 0 Å². The van der Waals surface area contributed by atoms with E-state index in [0.717, 1.165) is 13.2 Å². The summed E-state index contributed by atoms with van der Waals surface area (Å²) in [5.41, 5.74) is 0. The van der Waals surface area contributed by atoms with Crippen LogP contribution < -0.4 is 0 Å². The van der Waals surface area contributed by atoms with Crippen molar-refractivity contribution < 1.29 is 8.95 Å². The highest BCUT2D eigenvalue weighted by atomic mass is 32.2. The lowest BCUT2D eigenvalue weighted by Gasteiger charge is -2.22. The van der Waals surface area contributed by atoms with E-state index in [1.54, 1.807) is 6.21 Å². The summed E-state index contributed by atoms with van der Waals surface area (Å²) in [6.07, 6.45) is 1.75. The molecule has 4 heteroatoms. The lowest BCUT2D eigenvalue weighted by Crippen LogP contribution is -2.29. The summed E-state index contributed by atoms with van der Waals surface area (Å²) in [4.78, 5) is 0. The largest absolute Gasteiger partial charge is 0.380 e. The lowest BCUT2D eigenvalue weighted by atomic mass is 10.1. The van der Waals surface area contributed by atoms with Gasteiger partial charge in [0.05, 0.1) is 18.0 Å². The fraction of sp³-hybridized carbons (Fsp3) is 0.875. The van der Waals surface area contributed by atoms with E-state index >= 15 is 0 Å². The van der Waals surface area contributed by atoms with Crippen molar-refractivity contribution in [3.05, 3.63) is 0 Å². The van der Waals surface area contributed by atoms with Gasteiger partial charge >= 0.3 is 0 Å². The van der Waals surface area contributed by atoms with Gasteiger partial charge in [-0.1, -0.05) is 0 Å². The molecule has 0 unspecified atom stereocenters. The highest BCUT2D eigenvalue weighted by Crippen LogP contribution is 2.13. The summed E-state index contributed by atoms with van der Waals surface area (Å²) >= 11 is 0. The minimum absolute atomic E-state index is 0.249. The van der Waals surface area contributed by atoms with Crippen LogP contribution in [-0.2, 0) is 15.7 Å².